The molecule has 1 aromatic rings. The van der Waals surface area contributed by atoms with Gasteiger partial charge in [-0.05, 0) is 18.1 Å². The van der Waals surface area contributed by atoms with Gasteiger partial charge in [-0.15, -0.1) is 6.42 Å². The minimum Gasteiger partial charge on any atom is -0.381 e. The van der Waals surface area contributed by atoms with Crippen LogP contribution in [0.3, 0.4) is 0 Å². The molecule has 1 saturated heterocycles. The highest BCUT2D eigenvalue weighted by Gasteiger charge is 2.47. The van der Waals surface area contributed by atoms with E-state index in [1.165, 1.54) is 18.2 Å². The number of primary amides is 1. The summed E-state index contributed by atoms with van der Waals surface area (Å²) >= 11 is 0. The zero-order valence-corrected chi connectivity index (χ0v) is 12.3. The zero-order valence-electron chi connectivity index (χ0n) is 12.3. The minimum atomic E-state index is -2.71. The van der Waals surface area contributed by atoms with E-state index < -0.39 is 23.8 Å². The molecular formula is C16H16F2N2O3. The first-order valence-electron chi connectivity index (χ1n) is 6.99. The molecule has 2 N–H and O–H groups in total. The predicted molar refractivity (Wildman–Crippen MR) is 79.7 cm³/mol. The summed E-state index contributed by atoms with van der Waals surface area (Å²) in [5.41, 5.74) is 3.98. The number of carbonyl (C=O) groups excluding carboxylic acids is 2. The number of rotatable bonds is 4. The van der Waals surface area contributed by atoms with Gasteiger partial charge < -0.3 is 10.5 Å². The Hall–Kier alpha value is -2.46. The number of benzene rings is 1. The van der Waals surface area contributed by atoms with Gasteiger partial charge in [0.05, 0.1) is 0 Å². The molecule has 0 saturated carbocycles. The molecule has 1 aliphatic heterocycles. The molecule has 5 nitrogen and oxygen atoms in total. The van der Waals surface area contributed by atoms with E-state index in [2.05, 4.69) is 0 Å². The summed E-state index contributed by atoms with van der Waals surface area (Å²) in [6, 6.07) is 5.19. The van der Waals surface area contributed by atoms with Crippen LogP contribution < -0.4 is 10.6 Å². The van der Waals surface area contributed by atoms with E-state index in [-0.39, 0.29) is 37.3 Å². The molecule has 0 atom stereocenters. The Morgan fingerprint density at radius 3 is 2.52 bits per heavy atom. The van der Waals surface area contributed by atoms with E-state index in [4.69, 9.17) is 16.9 Å². The molecule has 23 heavy (non-hydrogen) atoms. The van der Waals surface area contributed by atoms with Gasteiger partial charge in [-0.1, -0.05) is 12.1 Å². The Labute approximate surface area is 132 Å². The van der Waals surface area contributed by atoms with Gasteiger partial charge in [0.15, 0.2) is 0 Å². The first kappa shape index (κ1) is 16.9. The average Bonchev–Trinajstić information content (AvgIpc) is 2.55. The molecule has 7 heteroatoms. The highest BCUT2D eigenvalue weighted by atomic mass is 19.3. The van der Waals surface area contributed by atoms with Crippen LogP contribution in [0.25, 0.3) is 0 Å². The summed E-state index contributed by atoms with van der Waals surface area (Å²) in [6.45, 7) is 0.428. The number of carbonyl (C=O) groups is 2. The standard InChI is InChI=1S/C16H16F2N2O3/c1-2-13(21)20(12-5-3-4-11(10-12)14(17)18)16(15(19)22)6-8-23-9-7-16/h1,3-5,10,14H,6-9H2,(H2,19,22). The minimum absolute atomic E-state index is 0.117. The Morgan fingerprint density at radius 2 is 2.00 bits per heavy atom. The van der Waals surface area contributed by atoms with Crippen LogP contribution in [0.15, 0.2) is 24.3 Å². The Morgan fingerprint density at radius 1 is 1.35 bits per heavy atom. The predicted octanol–water partition coefficient (Wildman–Crippen LogP) is 1.62. The number of nitrogens with two attached hydrogens (primary N) is 1. The van der Waals surface area contributed by atoms with Crippen LogP contribution in [0.1, 0.15) is 24.8 Å². The number of hydrogen-bond acceptors (Lipinski definition) is 3. The Kier molecular flexibility index (Phi) is 4.96. The molecule has 0 aromatic heterocycles. The third-order valence-corrected chi connectivity index (χ3v) is 3.91. The number of halogens is 2. The lowest BCUT2D eigenvalue weighted by Crippen LogP contribution is -2.62. The molecule has 122 valence electrons. The fraction of sp³-hybridized carbons (Fsp3) is 0.375. The number of alkyl halides is 2. The summed E-state index contributed by atoms with van der Waals surface area (Å²) < 4.78 is 31.1. The highest BCUT2D eigenvalue weighted by molar-refractivity contribution is 6.11. The molecule has 0 spiro atoms. The van der Waals surface area contributed by atoms with Crippen molar-refractivity contribution in [3.8, 4) is 12.3 Å². The molecule has 0 aliphatic carbocycles. The van der Waals surface area contributed by atoms with Crippen molar-refractivity contribution in [1.29, 1.82) is 0 Å². The third kappa shape index (κ3) is 3.17. The van der Waals surface area contributed by atoms with E-state index in [0.29, 0.717) is 0 Å². The van der Waals surface area contributed by atoms with Crippen molar-refractivity contribution in [3.05, 3.63) is 29.8 Å². The molecule has 1 aromatic carbocycles. The fourth-order valence-electron chi connectivity index (χ4n) is 2.71. The molecule has 0 unspecified atom stereocenters. The molecule has 0 bridgehead atoms. The average molecular weight is 322 g/mol. The van der Waals surface area contributed by atoms with Crippen LogP contribution in [0, 0.1) is 12.3 Å². The van der Waals surface area contributed by atoms with Gasteiger partial charge in [0, 0.05) is 37.3 Å². The van der Waals surface area contributed by atoms with Crippen LogP contribution in [-0.4, -0.2) is 30.6 Å². The van der Waals surface area contributed by atoms with Crippen molar-refractivity contribution in [3.63, 3.8) is 0 Å². The van der Waals surface area contributed by atoms with E-state index in [0.717, 1.165) is 11.0 Å². The van der Waals surface area contributed by atoms with Crippen LogP contribution in [0.2, 0.25) is 0 Å². The molecule has 2 rings (SSSR count). The number of amides is 2. The quantitative estimate of drug-likeness (QED) is 0.856. The molecule has 1 fully saturated rings. The van der Waals surface area contributed by atoms with Gasteiger partial charge in [0.1, 0.15) is 5.54 Å². The number of nitrogens with zero attached hydrogens (tertiary/aromatic N) is 1. The van der Waals surface area contributed by atoms with Gasteiger partial charge in [-0.2, -0.15) is 0 Å². The smallest absolute Gasteiger partial charge is 0.303 e. The van der Waals surface area contributed by atoms with Crippen LogP contribution in [0.5, 0.6) is 0 Å². The van der Waals surface area contributed by atoms with E-state index in [9.17, 15) is 18.4 Å². The highest BCUT2D eigenvalue weighted by Crippen LogP contribution is 2.34. The van der Waals surface area contributed by atoms with E-state index in [1.54, 1.807) is 0 Å². The van der Waals surface area contributed by atoms with E-state index in [1.807, 2.05) is 5.92 Å². The SMILES string of the molecule is C#CC(=O)N(c1cccc(C(F)F)c1)C1(C(N)=O)CCOCC1. The summed E-state index contributed by atoms with van der Waals surface area (Å²) in [5, 5.41) is 0. The van der Waals surface area contributed by atoms with Crippen LogP contribution in [-0.2, 0) is 14.3 Å². The lowest BCUT2D eigenvalue weighted by molar-refractivity contribution is -0.130. The summed E-state index contributed by atoms with van der Waals surface area (Å²) in [4.78, 5) is 25.4. The number of terminal acetylenes is 1. The van der Waals surface area contributed by atoms with Gasteiger partial charge in [0.25, 0.3) is 6.43 Å². The molecule has 1 heterocycles. The lowest BCUT2D eigenvalue weighted by atomic mass is 9.86. The van der Waals surface area contributed by atoms with Gasteiger partial charge in [-0.3, -0.25) is 14.5 Å². The van der Waals surface area contributed by atoms with Crippen molar-refractivity contribution in [2.24, 2.45) is 5.73 Å². The number of hydrogen-bond donors (Lipinski definition) is 1. The summed E-state index contributed by atoms with van der Waals surface area (Å²) in [6.07, 6.45) is 2.78. The van der Waals surface area contributed by atoms with Crippen molar-refractivity contribution in [1.82, 2.24) is 0 Å². The third-order valence-electron chi connectivity index (χ3n) is 3.91. The van der Waals surface area contributed by atoms with Crippen molar-refractivity contribution >= 4 is 17.5 Å². The van der Waals surface area contributed by atoms with Crippen LogP contribution in [0.4, 0.5) is 14.5 Å². The summed E-state index contributed by atoms with van der Waals surface area (Å²) in [7, 11) is 0. The first-order chi connectivity index (χ1) is 10.9. The monoisotopic (exact) mass is 322 g/mol. The largest absolute Gasteiger partial charge is 0.381 e. The lowest BCUT2D eigenvalue weighted by Gasteiger charge is -2.43. The maximum atomic E-state index is 12.9. The summed E-state index contributed by atoms with van der Waals surface area (Å²) in [5.74, 6) is 0.388. The second kappa shape index (κ2) is 6.75. The maximum Gasteiger partial charge on any atom is 0.303 e. The second-order valence-electron chi connectivity index (χ2n) is 5.19. The van der Waals surface area contributed by atoms with E-state index >= 15 is 0 Å². The number of anilines is 1. The Bertz CT molecular complexity index is 649. The maximum absolute atomic E-state index is 12.9. The zero-order chi connectivity index (χ0) is 17.0. The molecule has 1 aliphatic rings. The first-order valence-corrected chi connectivity index (χ1v) is 6.99. The van der Waals surface area contributed by atoms with Gasteiger partial charge in [-0.25, -0.2) is 8.78 Å². The molecule has 0 radical (unpaired) electrons. The topological polar surface area (TPSA) is 72.6 Å². The molecular weight excluding hydrogens is 306 g/mol. The van der Waals surface area contributed by atoms with Crippen molar-refractivity contribution in [2.75, 3.05) is 18.1 Å². The van der Waals surface area contributed by atoms with Gasteiger partial charge in [0.2, 0.25) is 5.91 Å². The normalized spacial score (nSPS) is 16.6. The fourth-order valence-corrected chi connectivity index (χ4v) is 2.71. The molecule has 2 amide bonds. The second-order valence-corrected chi connectivity index (χ2v) is 5.19. The Balaban J connectivity index is 2.57. The number of ether oxygens (including phenoxy) is 1. The van der Waals surface area contributed by atoms with Crippen LogP contribution >= 0.6 is 0 Å². The van der Waals surface area contributed by atoms with Crippen molar-refractivity contribution < 1.29 is 23.1 Å². The van der Waals surface area contributed by atoms with Gasteiger partial charge >= 0.3 is 5.91 Å². The van der Waals surface area contributed by atoms with Crippen molar-refractivity contribution in [2.45, 2.75) is 24.8 Å².